The molecule has 0 unspecified atom stereocenters. The molecule has 2 amide bonds. The number of ether oxygens (including phenoxy) is 2. The molecule has 2 aromatic rings. The molecule has 1 aromatic heterocycles. The molecule has 134 valence electrons. The Kier molecular flexibility index (Phi) is 5.48. The van der Waals surface area contributed by atoms with Gasteiger partial charge in [0, 0.05) is 40.7 Å². The van der Waals surface area contributed by atoms with Crippen LogP contribution in [0.3, 0.4) is 0 Å². The van der Waals surface area contributed by atoms with Gasteiger partial charge in [0.15, 0.2) is 0 Å². The van der Waals surface area contributed by atoms with E-state index < -0.39 is 0 Å². The zero-order chi connectivity index (χ0) is 17.7. The summed E-state index contributed by atoms with van der Waals surface area (Å²) in [5, 5.41) is 8.03. The van der Waals surface area contributed by atoms with Gasteiger partial charge in [-0.15, -0.1) is 11.3 Å². The molecule has 0 radical (unpaired) electrons. The standard InChI is InChI=1S/C19H24N2O3S/c1-23-15-10-14(11-16(12-15)24-2)21-18(22)20-13-19(7-3-4-8-19)17-6-5-9-25-17/h5-6,9-12H,3-4,7-8,13H2,1-2H3,(H2,20,21,22). The minimum atomic E-state index is -0.210. The van der Waals surface area contributed by atoms with Crippen LogP contribution in [0.25, 0.3) is 0 Å². The van der Waals surface area contributed by atoms with Crippen molar-refractivity contribution in [3.63, 3.8) is 0 Å². The van der Waals surface area contributed by atoms with E-state index in [2.05, 4.69) is 28.1 Å². The number of methoxy groups -OCH3 is 2. The van der Waals surface area contributed by atoms with E-state index in [1.165, 1.54) is 17.7 Å². The summed E-state index contributed by atoms with van der Waals surface area (Å²) in [6, 6.07) is 9.37. The second-order valence-corrected chi connectivity index (χ2v) is 7.32. The molecule has 1 fully saturated rings. The van der Waals surface area contributed by atoms with E-state index in [4.69, 9.17) is 9.47 Å². The first-order valence-corrected chi connectivity index (χ1v) is 9.35. The van der Waals surface area contributed by atoms with E-state index >= 15 is 0 Å². The summed E-state index contributed by atoms with van der Waals surface area (Å²) < 4.78 is 10.5. The molecule has 0 atom stereocenters. The maximum absolute atomic E-state index is 12.4. The van der Waals surface area contributed by atoms with Gasteiger partial charge in [-0.2, -0.15) is 0 Å². The highest BCUT2D eigenvalue weighted by Gasteiger charge is 2.36. The van der Waals surface area contributed by atoms with Gasteiger partial charge in [-0.1, -0.05) is 18.9 Å². The number of hydrogen-bond donors (Lipinski definition) is 2. The van der Waals surface area contributed by atoms with Gasteiger partial charge in [0.25, 0.3) is 0 Å². The van der Waals surface area contributed by atoms with Crippen LogP contribution in [-0.4, -0.2) is 26.8 Å². The van der Waals surface area contributed by atoms with Crippen LogP contribution >= 0.6 is 11.3 Å². The second-order valence-electron chi connectivity index (χ2n) is 6.37. The average molecular weight is 360 g/mol. The molecule has 1 aromatic carbocycles. The molecule has 1 aliphatic carbocycles. The summed E-state index contributed by atoms with van der Waals surface area (Å²) in [6.45, 7) is 0.653. The number of hydrogen-bond acceptors (Lipinski definition) is 4. The summed E-state index contributed by atoms with van der Waals surface area (Å²) in [4.78, 5) is 13.7. The van der Waals surface area contributed by atoms with Gasteiger partial charge in [0.2, 0.25) is 0 Å². The fourth-order valence-electron chi connectivity index (χ4n) is 3.45. The third-order valence-corrected chi connectivity index (χ3v) is 5.92. The van der Waals surface area contributed by atoms with Crippen molar-refractivity contribution in [3.05, 3.63) is 40.6 Å². The third kappa shape index (κ3) is 4.07. The minimum Gasteiger partial charge on any atom is -0.497 e. The molecule has 3 rings (SSSR count). The summed E-state index contributed by atoms with van der Waals surface area (Å²) >= 11 is 1.78. The van der Waals surface area contributed by atoms with Gasteiger partial charge >= 0.3 is 6.03 Å². The van der Waals surface area contributed by atoms with Crippen molar-refractivity contribution in [2.75, 3.05) is 26.1 Å². The smallest absolute Gasteiger partial charge is 0.319 e. The lowest BCUT2D eigenvalue weighted by Gasteiger charge is -2.28. The van der Waals surface area contributed by atoms with E-state index in [0.29, 0.717) is 23.7 Å². The first kappa shape index (κ1) is 17.6. The average Bonchev–Trinajstić information content (AvgIpc) is 3.31. The monoisotopic (exact) mass is 360 g/mol. The highest BCUT2D eigenvalue weighted by atomic mass is 32.1. The third-order valence-electron chi connectivity index (χ3n) is 4.80. The lowest BCUT2D eigenvalue weighted by Crippen LogP contribution is -2.40. The number of carbonyl (C=O) groups excluding carboxylic acids is 1. The van der Waals surface area contributed by atoms with Gasteiger partial charge in [0.1, 0.15) is 11.5 Å². The summed E-state index contributed by atoms with van der Waals surface area (Å²) in [5.41, 5.74) is 0.725. The molecule has 0 aliphatic heterocycles. The van der Waals surface area contributed by atoms with Gasteiger partial charge < -0.3 is 20.1 Å². The Morgan fingerprint density at radius 2 is 1.84 bits per heavy atom. The van der Waals surface area contributed by atoms with Gasteiger partial charge in [-0.25, -0.2) is 4.79 Å². The highest BCUT2D eigenvalue weighted by molar-refractivity contribution is 7.10. The zero-order valence-corrected chi connectivity index (χ0v) is 15.4. The predicted octanol–water partition coefficient (Wildman–Crippen LogP) is 4.40. The number of carbonyl (C=O) groups is 1. The van der Waals surface area contributed by atoms with Crippen LogP contribution in [0.5, 0.6) is 11.5 Å². The van der Waals surface area contributed by atoms with Crippen LogP contribution < -0.4 is 20.1 Å². The largest absolute Gasteiger partial charge is 0.497 e. The molecule has 0 bridgehead atoms. The molecule has 1 heterocycles. The Labute approximate surface area is 152 Å². The van der Waals surface area contributed by atoms with Crippen LogP contribution in [0.2, 0.25) is 0 Å². The maximum atomic E-state index is 12.4. The Hall–Kier alpha value is -2.21. The van der Waals surface area contributed by atoms with Crippen LogP contribution in [0, 0.1) is 0 Å². The van der Waals surface area contributed by atoms with E-state index in [1.54, 1.807) is 43.8 Å². The van der Waals surface area contributed by atoms with Gasteiger partial charge in [0.05, 0.1) is 14.2 Å². The maximum Gasteiger partial charge on any atom is 0.319 e. The van der Waals surface area contributed by atoms with Crippen molar-refractivity contribution in [2.45, 2.75) is 31.1 Å². The van der Waals surface area contributed by atoms with Crippen molar-refractivity contribution < 1.29 is 14.3 Å². The minimum absolute atomic E-state index is 0.0809. The van der Waals surface area contributed by atoms with Crippen LogP contribution in [0.1, 0.15) is 30.6 Å². The summed E-state index contributed by atoms with van der Waals surface area (Å²) in [5.74, 6) is 1.28. The second kappa shape index (κ2) is 7.78. The van der Waals surface area contributed by atoms with Crippen molar-refractivity contribution >= 4 is 23.1 Å². The van der Waals surface area contributed by atoms with E-state index in [-0.39, 0.29) is 11.4 Å². The molecule has 1 saturated carbocycles. The van der Waals surface area contributed by atoms with Crippen molar-refractivity contribution in [1.29, 1.82) is 0 Å². The number of rotatable bonds is 6. The quantitative estimate of drug-likeness (QED) is 0.803. The summed E-state index contributed by atoms with van der Waals surface area (Å²) in [7, 11) is 3.17. The molecular weight excluding hydrogens is 336 g/mol. The number of anilines is 1. The first-order chi connectivity index (χ1) is 12.1. The SMILES string of the molecule is COc1cc(NC(=O)NCC2(c3cccs3)CCCC2)cc(OC)c1. The fraction of sp³-hybridized carbons (Fsp3) is 0.421. The number of amides is 2. The highest BCUT2D eigenvalue weighted by Crippen LogP contribution is 2.42. The Morgan fingerprint density at radius 1 is 1.16 bits per heavy atom. The van der Waals surface area contributed by atoms with Crippen LogP contribution in [0.4, 0.5) is 10.5 Å². The van der Waals surface area contributed by atoms with Crippen molar-refractivity contribution in [1.82, 2.24) is 5.32 Å². The molecular formula is C19H24N2O3S. The van der Waals surface area contributed by atoms with Gasteiger partial charge in [-0.3, -0.25) is 0 Å². The van der Waals surface area contributed by atoms with Gasteiger partial charge in [-0.05, 0) is 24.3 Å². The molecule has 5 nitrogen and oxygen atoms in total. The molecule has 1 aliphatic rings. The number of urea groups is 1. The number of benzene rings is 1. The molecule has 0 spiro atoms. The summed E-state index contributed by atoms with van der Waals surface area (Å²) in [6.07, 6.45) is 4.68. The Balaban J connectivity index is 1.65. The molecule has 0 saturated heterocycles. The van der Waals surface area contributed by atoms with Crippen LogP contribution in [0.15, 0.2) is 35.7 Å². The predicted molar refractivity (Wildman–Crippen MR) is 101 cm³/mol. The first-order valence-electron chi connectivity index (χ1n) is 8.47. The Morgan fingerprint density at radius 3 is 2.40 bits per heavy atom. The molecule has 6 heteroatoms. The van der Waals surface area contributed by atoms with Crippen LogP contribution in [-0.2, 0) is 5.41 Å². The topological polar surface area (TPSA) is 59.6 Å². The normalized spacial score (nSPS) is 15.6. The van der Waals surface area contributed by atoms with E-state index in [0.717, 1.165) is 12.8 Å². The molecule has 25 heavy (non-hydrogen) atoms. The Bertz CT molecular complexity index is 687. The van der Waals surface area contributed by atoms with E-state index in [1.807, 2.05) is 0 Å². The lowest BCUT2D eigenvalue weighted by atomic mass is 9.84. The lowest BCUT2D eigenvalue weighted by molar-refractivity contribution is 0.248. The van der Waals surface area contributed by atoms with Crippen molar-refractivity contribution in [3.8, 4) is 11.5 Å². The number of thiophene rings is 1. The zero-order valence-electron chi connectivity index (χ0n) is 14.6. The number of nitrogens with one attached hydrogen (secondary N) is 2. The fourth-order valence-corrected chi connectivity index (χ4v) is 4.43. The van der Waals surface area contributed by atoms with Crippen molar-refractivity contribution in [2.24, 2.45) is 0 Å². The van der Waals surface area contributed by atoms with E-state index in [9.17, 15) is 4.79 Å². The molecule has 2 N–H and O–H groups in total.